The van der Waals surface area contributed by atoms with Crippen molar-refractivity contribution in [1.29, 1.82) is 0 Å². The van der Waals surface area contributed by atoms with Gasteiger partial charge in [0.2, 0.25) is 0 Å². The molecule has 0 saturated carbocycles. The molecular formula is C14H9BrFNO4. The highest BCUT2D eigenvalue weighted by molar-refractivity contribution is 9.10. The molecule has 108 valence electrons. The highest BCUT2D eigenvalue weighted by Gasteiger charge is 2.16. The highest BCUT2D eigenvalue weighted by atomic mass is 79.9. The molecule has 0 fully saturated rings. The number of carboxylic acid groups (broad SMARTS) is 1. The number of amides is 1. The second-order valence-corrected chi connectivity index (χ2v) is 4.94. The van der Waals surface area contributed by atoms with Gasteiger partial charge >= 0.3 is 5.97 Å². The Balaban J connectivity index is 2.28. The van der Waals surface area contributed by atoms with E-state index in [1.54, 1.807) is 0 Å². The zero-order valence-corrected chi connectivity index (χ0v) is 12.0. The van der Waals surface area contributed by atoms with Gasteiger partial charge in [0.25, 0.3) is 5.91 Å². The Bertz CT molecular complexity index is 713. The fourth-order valence-corrected chi connectivity index (χ4v) is 2.22. The molecule has 1 amide bonds. The summed E-state index contributed by atoms with van der Waals surface area (Å²) in [6, 6.07) is 7.63. The fourth-order valence-electron chi connectivity index (χ4n) is 1.70. The van der Waals surface area contributed by atoms with Gasteiger partial charge in [-0.3, -0.25) is 4.79 Å². The average Bonchev–Trinajstić information content (AvgIpc) is 2.37. The number of phenols is 1. The van der Waals surface area contributed by atoms with Crippen molar-refractivity contribution < 1.29 is 24.2 Å². The van der Waals surface area contributed by atoms with Gasteiger partial charge in [-0.05, 0) is 40.2 Å². The van der Waals surface area contributed by atoms with Gasteiger partial charge in [-0.2, -0.15) is 0 Å². The highest BCUT2D eigenvalue weighted by Crippen LogP contribution is 2.24. The van der Waals surface area contributed by atoms with Crippen LogP contribution in [-0.4, -0.2) is 22.1 Å². The number of aromatic carboxylic acids is 1. The third-order valence-corrected chi connectivity index (χ3v) is 3.34. The Hall–Kier alpha value is -2.41. The van der Waals surface area contributed by atoms with Crippen molar-refractivity contribution in [2.75, 3.05) is 5.32 Å². The number of carbonyl (C=O) groups excluding carboxylic acids is 1. The number of benzene rings is 2. The third-order valence-electron chi connectivity index (χ3n) is 2.68. The summed E-state index contributed by atoms with van der Waals surface area (Å²) in [6.07, 6.45) is 0. The lowest BCUT2D eigenvalue weighted by molar-refractivity contribution is 0.0693. The van der Waals surface area contributed by atoms with Crippen LogP contribution in [0.25, 0.3) is 0 Å². The molecule has 0 spiro atoms. The zero-order valence-electron chi connectivity index (χ0n) is 10.4. The van der Waals surface area contributed by atoms with Crippen molar-refractivity contribution >= 4 is 33.5 Å². The van der Waals surface area contributed by atoms with E-state index in [1.807, 2.05) is 0 Å². The Morgan fingerprint density at radius 2 is 1.90 bits per heavy atom. The van der Waals surface area contributed by atoms with E-state index in [4.69, 9.17) is 5.11 Å². The van der Waals surface area contributed by atoms with Crippen LogP contribution in [0.5, 0.6) is 5.75 Å². The Labute approximate surface area is 127 Å². The molecule has 0 aliphatic rings. The average molecular weight is 354 g/mol. The maximum atomic E-state index is 13.6. The Morgan fingerprint density at radius 1 is 1.19 bits per heavy atom. The van der Waals surface area contributed by atoms with Crippen molar-refractivity contribution in [2.24, 2.45) is 0 Å². The lowest BCUT2D eigenvalue weighted by Gasteiger charge is -2.09. The molecule has 0 aromatic heterocycles. The molecule has 0 saturated heterocycles. The van der Waals surface area contributed by atoms with Crippen LogP contribution in [0, 0.1) is 5.82 Å². The van der Waals surface area contributed by atoms with E-state index >= 15 is 0 Å². The molecule has 2 aromatic rings. The number of rotatable bonds is 3. The SMILES string of the molecule is O=C(O)c1ccc(NC(=O)c2c(F)cccc2Br)cc1O. The van der Waals surface area contributed by atoms with Gasteiger partial charge in [-0.25, -0.2) is 9.18 Å². The molecule has 0 atom stereocenters. The lowest BCUT2D eigenvalue weighted by Crippen LogP contribution is -2.14. The molecule has 2 aromatic carbocycles. The van der Waals surface area contributed by atoms with Gasteiger partial charge in [-0.15, -0.1) is 0 Å². The van der Waals surface area contributed by atoms with E-state index in [9.17, 15) is 19.1 Å². The minimum absolute atomic E-state index is 0.151. The number of carbonyl (C=O) groups is 2. The maximum Gasteiger partial charge on any atom is 0.339 e. The fraction of sp³-hybridized carbons (Fsp3) is 0. The third kappa shape index (κ3) is 3.19. The molecule has 0 aliphatic heterocycles. The van der Waals surface area contributed by atoms with Crippen molar-refractivity contribution in [3.63, 3.8) is 0 Å². The number of aromatic hydroxyl groups is 1. The number of halogens is 2. The quantitative estimate of drug-likeness (QED) is 0.790. The van der Waals surface area contributed by atoms with E-state index in [0.29, 0.717) is 0 Å². The van der Waals surface area contributed by atoms with Crippen LogP contribution >= 0.6 is 15.9 Å². The summed E-state index contributed by atoms with van der Waals surface area (Å²) in [6.45, 7) is 0. The predicted octanol–water partition coefficient (Wildman–Crippen LogP) is 3.24. The van der Waals surface area contributed by atoms with Crippen molar-refractivity contribution in [3.8, 4) is 5.75 Å². The van der Waals surface area contributed by atoms with Gasteiger partial charge in [0.15, 0.2) is 0 Å². The first-order chi connectivity index (χ1) is 9.90. The summed E-state index contributed by atoms with van der Waals surface area (Å²) in [5.41, 5.74) is -0.322. The van der Waals surface area contributed by atoms with E-state index < -0.39 is 23.4 Å². The molecule has 0 unspecified atom stereocenters. The molecule has 3 N–H and O–H groups in total. The van der Waals surface area contributed by atoms with Crippen LogP contribution < -0.4 is 5.32 Å². The number of hydrogen-bond donors (Lipinski definition) is 3. The number of hydrogen-bond acceptors (Lipinski definition) is 3. The van der Waals surface area contributed by atoms with Crippen LogP contribution in [-0.2, 0) is 0 Å². The van der Waals surface area contributed by atoms with Crippen molar-refractivity contribution in [3.05, 3.63) is 57.8 Å². The summed E-state index contributed by atoms with van der Waals surface area (Å²) < 4.78 is 13.9. The largest absolute Gasteiger partial charge is 0.507 e. The first-order valence-corrected chi connectivity index (χ1v) is 6.51. The van der Waals surface area contributed by atoms with Gasteiger partial charge in [0.1, 0.15) is 17.1 Å². The summed E-state index contributed by atoms with van der Waals surface area (Å²) in [7, 11) is 0. The molecule has 2 rings (SSSR count). The first kappa shape index (κ1) is 15.0. The normalized spacial score (nSPS) is 10.2. The molecule has 0 aliphatic carbocycles. The van der Waals surface area contributed by atoms with Gasteiger partial charge in [-0.1, -0.05) is 6.07 Å². The van der Waals surface area contributed by atoms with Crippen LogP contribution in [0.15, 0.2) is 40.9 Å². The second-order valence-electron chi connectivity index (χ2n) is 4.09. The molecule has 0 heterocycles. The van der Waals surface area contributed by atoms with Crippen LogP contribution in [0.3, 0.4) is 0 Å². The van der Waals surface area contributed by atoms with Crippen LogP contribution in [0.4, 0.5) is 10.1 Å². The Morgan fingerprint density at radius 3 is 2.48 bits per heavy atom. The molecular weight excluding hydrogens is 345 g/mol. The van der Waals surface area contributed by atoms with Crippen LogP contribution in [0.1, 0.15) is 20.7 Å². The summed E-state index contributed by atoms with van der Waals surface area (Å²) in [5, 5.41) is 20.7. The zero-order chi connectivity index (χ0) is 15.6. The summed E-state index contributed by atoms with van der Waals surface area (Å²) >= 11 is 3.08. The summed E-state index contributed by atoms with van der Waals surface area (Å²) in [5.74, 6) is -3.20. The summed E-state index contributed by atoms with van der Waals surface area (Å²) in [4.78, 5) is 22.8. The lowest BCUT2D eigenvalue weighted by atomic mass is 10.1. The van der Waals surface area contributed by atoms with Gasteiger partial charge < -0.3 is 15.5 Å². The monoisotopic (exact) mass is 353 g/mol. The molecule has 21 heavy (non-hydrogen) atoms. The maximum absolute atomic E-state index is 13.6. The van der Waals surface area contributed by atoms with Gasteiger partial charge in [0.05, 0.1) is 5.56 Å². The second kappa shape index (κ2) is 5.92. The minimum atomic E-state index is -1.29. The molecule has 0 radical (unpaired) electrons. The van der Waals surface area contributed by atoms with Crippen molar-refractivity contribution in [1.82, 2.24) is 0 Å². The standard InChI is InChI=1S/C14H9BrFNO4/c15-9-2-1-3-10(16)12(9)13(19)17-7-4-5-8(14(20)21)11(18)6-7/h1-6,18H,(H,17,19)(H,20,21). The smallest absolute Gasteiger partial charge is 0.339 e. The van der Waals surface area contributed by atoms with Crippen LogP contribution in [0.2, 0.25) is 0 Å². The van der Waals surface area contributed by atoms with E-state index in [2.05, 4.69) is 21.2 Å². The van der Waals surface area contributed by atoms with E-state index in [1.165, 1.54) is 18.2 Å². The Kier molecular flexibility index (Phi) is 4.23. The molecule has 5 nitrogen and oxygen atoms in total. The first-order valence-electron chi connectivity index (χ1n) is 5.72. The topological polar surface area (TPSA) is 86.6 Å². The number of anilines is 1. The predicted molar refractivity (Wildman–Crippen MR) is 77.1 cm³/mol. The molecule has 7 heteroatoms. The molecule has 0 bridgehead atoms. The van der Waals surface area contributed by atoms with Gasteiger partial charge in [0, 0.05) is 16.2 Å². The van der Waals surface area contributed by atoms with Crippen molar-refractivity contribution in [2.45, 2.75) is 0 Å². The minimum Gasteiger partial charge on any atom is -0.507 e. The van der Waals surface area contributed by atoms with E-state index in [0.717, 1.165) is 18.2 Å². The number of nitrogens with one attached hydrogen (secondary N) is 1. The van der Waals surface area contributed by atoms with E-state index in [-0.39, 0.29) is 21.3 Å². The number of carboxylic acids is 1.